The topological polar surface area (TPSA) is 89.7 Å². The van der Waals surface area contributed by atoms with Crippen molar-refractivity contribution in [2.24, 2.45) is 5.73 Å². The second kappa shape index (κ2) is 7.41. The summed E-state index contributed by atoms with van der Waals surface area (Å²) in [5.74, 6) is -0.483. The minimum absolute atomic E-state index is 0. The summed E-state index contributed by atoms with van der Waals surface area (Å²) in [4.78, 5) is 11.7. The van der Waals surface area contributed by atoms with Crippen molar-refractivity contribution in [3.63, 3.8) is 0 Å². The summed E-state index contributed by atoms with van der Waals surface area (Å²) in [5.41, 5.74) is 6.52. The van der Waals surface area contributed by atoms with Gasteiger partial charge in [-0.3, -0.25) is 0 Å². The summed E-state index contributed by atoms with van der Waals surface area (Å²) >= 11 is 0. The van der Waals surface area contributed by atoms with Gasteiger partial charge < -0.3 is 10.5 Å². The van der Waals surface area contributed by atoms with Crippen molar-refractivity contribution in [3.05, 3.63) is 29.3 Å². The zero-order valence-electron chi connectivity index (χ0n) is 12.6. The third kappa shape index (κ3) is 3.43. The van der Waals surface area contributed by atoms with Crippen LogP contribution in [-0.2, 0) is 14.8 Å². The molecule has 1 unspecified atom stereocenters. The Morgan fingerprint density at radius 1 is 1.45 bits per heavy atom. The quantitative estimate of drug-likeness (QED) is 0.829. The number of carbonyl (C=O) groups is 1. The normalized spacial score (nSPS) is 18.8. The molecule has 1 aliphatic heterocycles. The Bertz CT molecular complexity index is 648. The van der Waals surface area contributed by atoms with Gasteiger partial charge in [0.1, 0.15) is 0 Å². The number of halogens is 1. The van der Waals surface area contributed by atoms with E-state index in [9.17, 15) is 13.2 Å². The molecule has 22 heavy (non-hydrogen) atoms. The molecule has 1 atom stereocenters. The first-order valence-corrected chi connectivity index (χ1v) is 8.26. The molecule has 0 aromatic heterocycles. The number of nitrogens with zero attached hydrogens (tertiary/aromatic N) is 1. The molecule has 0 saturated carbocycles. The molecular weight excluding hydrogens is 328 g/mol. The molecule has 1 aromatic carbocycles. The van der Waals surface area contributed by atoms with Crippen molar-refractivity contribution in [3.8, 4) is 0 Å². The van der Waals surface area contributed by atoms with E-state index in [4.69, 9.17) is 5.73 Å². The van der Waals surface area contributed by atoms with Gasteiger partial charge in [0.15, 0.2) is 0 Å². The molecule has 0 radical (unpaired) electrons. The number of nitrogens with two attached hydrogens (primary N) is 1. The minimum atomic E-state index is -3.58. The lowest BCUT2D eigenvalue weighted by molar-refractivity contribution is 0.0600. The molecule has 1 heterocycles. The molecule has 0 spiro atoms. The number of benzene rings is 1. The van der Waals surface area contributed by atoms with Crippen molar-refractivity contribution < 1.29 is 17.9 Å². The van der Waals surface area contributed by atoms with E-state index < -0.39 is 16.0 Å². The van der Waals surface area contributed by atoms with Crippen molar-refractivity contribution >= 4 is 28.4 Å². The monoisotopic (exact) mass is 348 g/mol. The molecule has 2 rings (SSSR count). The molecule has 0 amide bonds. The highest BCUT2D eigenvalue weighted by Gasteiger charge is 2.35. The lowest BCUT2D eigenvalue weighted by Gasteiger charge is -2.23. The largest absolute Gasteiger partial charge is 0.465 e. The Kier molecular flexibility index (Phi) is 6.37. The van der Waals surface area contributed by atoms with Gasteiger partial charge in [-0.1, -0.05) is 0 Å². The average Bonchev–Trinajstić information content (AvgIpc) is 2.95. The molecule has 1 aliphatic rings. The van der Waals surface area contributed by atoms with Crippen LogP contribution in [0.3, 0.4) is 0 Å². The van der Waals surface area contributed by atoms with Crippen molar-refractivity contribution in [1.29, 1.82) is 0 Å². The number of carbonyl (C=O) groups excluding carboxylic acids is 1. The number of esters is 1. The van der Waals surface area contributed by atoms with E-state index in [0.29, 0.717) is 24.2 Å². The van der Waals surface area contributed by atoms with Crippen LogP contribution < -0.4 is 5.73 Å². The van der Waals surface area contributed by atoms with E-state index in [1.165, 1.54) is 29.6 Å². The molecular formula is C14H21ClN2O4S. The van der Waals surface area contributed by atoms with E-state index in [0.717, 1.165) is 12.8 Å². The predicted octanol–water partition coefficient (Wildman–Crippen LogP) is 1.32. The van der Waals surface area contributed by atoms with Crippen molar-refractivity contribution in [2.75, 3.05) is 20.2 Å². The molecule has 2 N–H and O–H groups in total. The zero-order valence-corrected chi connectivity index (χ0v) is 14.2. The van der Waals surface area contributed by atoms with E-state index in [-0.39, 0.29) is 23.3 Å². The van der Waals surface area contributed by atoms with Gasteiger partial charge in [0.25, 0.3) is 0 Å². The highest BCUT2D eigenvalue weighted by atomic mass is 35.5. The molecule has 6 nitrogen and oxygen atoms in total. The lowest BCUT2D eigenvalue weighted by Crippen LogP contribution is -2.40. The Labute approximate surface area is 137 Å². The SMILES string of the molecule is COC(=O)c1ccc(S(=O)(=O)N2CCCC2CN)c(C)c1.Cl. The highest BCUT2D eigenvalue weighted by Crippen LogP contribution is 2.27. The minimum Gasteiger partial charge on any atom is -0.465 e. The van der Waals surface area contributed by atoms with Crippen LogP contribution in [0.4, 0.5) is 0 Å². The van der Waals surface area contributed by atoms with Crippen LogP contribution in [0.25, 0.3) is 0 Å². The van der Waals surface area contributed by atoms with Crippen LogP contribution in [0.2, 0.25) is 0 Å². The van der Waals surface area contributed by atoms with Gasteiger partial charge in [-0.05, 0) is 43.5 Å². The fraction of sp³-hybridized carbons (Fsp3) is 0.500. The summed E-state index contributed by atoms with van der Waals surface area (Å²) in [7, 11) is -2.29. The van der Waals surface area contributed by atoms with Crippen molar-refractivity contribution in [2.45, 2.75) is 30.7 Å². The fourth-order valence-electron chi connectivity index (χ4n) is 2.67. The molecule has 1 saturated heterocycles. The van der Waals surface area contributed by atoms with Gasteiger partial charge in [-0.25, -0.2) is 13.2 Å². The second-order valence-electron chi connectivity index (χ2n) is 5.12. The summed E-state index contributed by atoms with van der Waals surface area (Å²) in [6.45, 7) is 2.48. The van der Waals surface area contributed by atoms with Gasteiger partial charge in [0, 0.05) is 19.1 Å². The lowest BCUT2D eigenvalue weighted by atomic mass is 10.1. The maximum Gasteiger partial charge on any atom is 0.337 e. The molecule has 1 aromatic rings. The third-order valence-corrected chi connectivity index (χ3v) is 5.89. The number of methoxy groups -OCH3 is 1. The van der Waals surface area contributed by atoms with Gasteiger partial charge in [0.05, 0.1) is 17.6 Å². The number of rotatable bonds is 4. The summed E-state index contributed by atoms with van der Waals surface area (Å²) < 4.78 is 31.6. The van der Waals surface area contributed by atoms with E-state index >= 15 is 0 Å². The maximum atomic E-state index is 12.7. The first-order valence-electron chi connectivity index (χ1n) is 6.82. The molecule has 124 valence electrons. The number of hydrogen-bond donors (Lipinski definition) is 1. The Hall–Kier alpha value is -1.15. The average molecular weight is 349 g/mol. The molecule has 8 heteroatoms. The van der Waals surface area contributed by atoms with Gasteiger partial charge in [0.2, 0.25) is 10.0 Å². The van der Waals surface area contributed by atoms with Crippen LogP contribution in [0.5, 0.6) is 0 Å². The first kappa shape index (κ1) is 18.9. The molecule has 0 bridgehead atoms. The number of ether oxygens (including phenoxy) is 1. The summed E-state index contributed by atoms with van der Waals surface area (Å²) in [6.07, 6.45) is 1.61. The van der Waals surface area contributed by atoms with Crippen LogP contribution in [0.15, 0.2) is 23.1 Å². The summed E-state index contributed by atoms with van der Waals surface area (Å²) in [6, 6.07) is 4.32. The summed E-state index contributed by atoms with van der Waals surface area (Å²) in [5, 5.41) is 0. The fourth-order valence-corrected chi connectivity index (χ4v) is 4.58. The van der Waals surface area contributed by atoms with Crippen LogP contribution >= 0.6 is 12.4 Å². The van der Waals surface area contributed by atoms with Crippen molar-refractivity contribution in [1.82, 2.24) is 4.31 Å². The Morgan fingerprint density at radius 3 is 2.68 bits per heavy atom. The smallest absolute Gasteiger partial charge is 0.337 e. The molecule has 1 fully saturated rings. The second-order valence-corrected chi connectivity index (χ2v) is 6.98. The first-order chi connectivity index (χ1) is 9.91. The van der Waals surface area contributed by atoms with E-state index in [1.54, 1.807) is 6.92 Å². The number of sulfonamides is 1. The number of aryl methyl sites for hydroxylation is 1. The number of hydrogen-bond acceptors (Lipinski definition) is 5. The van der Waals surface area contributed by atoms with E-state index in [1.807, 2.05) is 0 Å². The van der Waals surface area contributed by atoms with E-state index in [2.05, 4.69) is 4.74 Å². The Balaban J connectivity index is 0.00000242. The zero-order chi connectivity index (χ0) is 15.6. The van der Waals surface area contributed by atoms with Crippen LogP contribution in [0.1, 0.15) is 28.8 Å². The van der Waals surface area contributed by atoms with Crippen LogP contribution in [-0.4, -0.2) is 44.9 Å². The highest BCUT2D eigenvalue weighted by molar-refractivity contribution is 7.89. The molecule has 0 aliphatic carbocycles. The Morgan fingerprint density at radius 2 is 2.14 bits per heavy atom. The van der Waals surface area contributed by atoms with Gasteiger partial charge >= 0.3 is 5.97 Å². The van der Waals surface area contributed by atoms with Crippen LogP contribution in [0, 0.1) is 6.92 Å². The predicted molar refractivity (Wildman–Crippen MR) is 85.7 cm³/mol. The van der Waals surface area contributed by atoms with Gasteiger partial charge in [-0.2, -0.15) is 4.31 Å². The third-order valence-electron chi connectivity index (χ3n) is 3.78. The standard InChI is InChI=1S/C14H20N2O4S.ClH/c1-10-8-11(14(17)20-2)5-6-13(10)21(18,19)16-7-3-4-12(16)9-15;/h5-6,8,12H,3-4,7,9,15H2,1-2H3;1H. The van der Waals surface area contributed by atoms with Gasteiger partial charge in [-0.15, -0.1) is 12.4 Å². The maximum absolute atomic E-state index is 12.7.